The third-order valence-corrected chi connectivity index (χ3v) is 3.36. The molecule has 2 rings (SSSR count). The van der Waals surface area contributed by atoms with E-state index in [1.165, 1.54) is 0 Å². The van der Waals surface area contributed by atoms with Crippen LogP contribution in [-0.4, -0.2) is 9.97 Å². The molecule has 2 unspecified atom stereocenters. The van der Waals surface area contributed by atoms with E-state index in [1.54, 1.807) is 12.4 Å². The Bertz CT molecular complexity index is 507. The summed E-state index contributed by atoms with van der Waals surface area (Å²) in [5, 5.41) is 0. The van der Waals surface area contributed by atoms with Gasteiger partial charge >= 0.3 is 0 Å². The van der Waals surface area contributed by atoms with Gasteiger partial charge in [0.25, 0.3) is 0 Å². The Morgan fingerprint density at radius 2 is 2.06 bits per heavy atom. The Labute approximate surface area is 108 Å². The number of hydrazine groups is 1. The van der Waals surface area contributed by atoms with E-state index in [9.17, 15) is 0 Å². The van der Waals surface area contributed by atoms with Crippen molar-refractivity contribution in [1.29, 1.82) is 0 Å². The van der Waals surface area contributed by atoms with Gasteiger partial charge in [-0.1, -0.05) is 32.4 Å². The molecule has 0 aliphatic carbocycles. The lowest BCUT2D eigenvalue weighted by Gasteiger charge is -2.24. The maximum atomic E-state index is 5.73. The van der Waals surface area contributed by atoms with E-state index in [0.717, 1.165) is 29.4 Å². The van der Waals surface area contributed by atoms with Crippen LogP contribution in [0.5, 0.6) is 0 Å². The molecule has 1 aromatic carbocycles. The second-order valence-corrected chi connectivity index (χ2v) is 4.68. The first-order valence-corrected chi connectivity index (χ1v) is 6.43. The molecule has 4 nitrogen and oxygen atoms in total. The van der Waals surface area contributed by atoms with Crippen LogP contribution in [0.2, 0.25) is 0 Å². The fourth-order valence-corrected chi connectivity index (χ4v) is 2.45. The average Bonchev–Trinajstić information content (AvgIpc) is 2.40. The van der Waals surface area contributed by atoms with Crippen molar-refractivity contribution >= 4 is 11.0 Å². The largest absolute Gasteiger partial charge is 0.271 e. The van der Waals surface area contributed by atoms with Crippen LogP contribution in [0.15, 0.2) is 30.6 Å². The zero-order valence-corrected chi connectivity index (χ0v) is 10.9. The van der Waals surface area contributed by atoms with Gasteiger partial charge in [0.2, 0.25) is 0 Å². The summed E-state index contributed by atoms with van der Waals surface area (Å²) in [4.78, 5) is 8.77. The number of para-hydroxylation sites is 1. The van der Waals surface area contributed by atoms with Gasteiger partial charge in [0.05, 0.1) is 17.1 Å². The topological polar surface area (TPSA) is 63.8 Å². The molecule has 0 saturated carbocycles. The second-order valence-electron chi connectivity index (χ2n) is 4.68. The van der Waals surface area contributed by atoms with E-state index in [1.807, 2.05) is 12.1 Å². The predicted octanol–water partition coefficient (Wildman–Crippen LogP) is 2.57. The molecular formula is C14H20N4. The molecule has 4 heteroatoms. The summed E-state index contributed by atoms with van der Waals surface area (Å²) in [5.74, 6) is 6.19. The predicted molar refractivity (Wildman–Crippen MR) is 73.7 cm³/mol. The summed E-state index contributed by atoms with van der Waals surface area (Å²) < 4.78 is 0. The number of hydrogen-bond donors (Lipinski definition) is 2. The molecule has 18 heavy (non-hydrogen) atoms. The Kier molecular flexibility index (Phi) is 4.23. The SMILES string of the molecule is CCCC(C)C(NN)c1cccc2nccnc12. The average molecular weight is 244 g/mol. The molecule has 0 radical (unpaired) electrons. The smallest absolute Gasteiger partial charge is 0.0935 e. The number of benzene rings is 1. The third-order valence-electron chi connectivity index (χ3n) is 3.36. The maximum absolute atomic E-state index is 5.73. The molecule has 0 fully saturated rings. The van der Waals surface area contributed by atoms with E-state index < -0.39 is 0 Å². The molecule has 3 N–H and O–H groups in total. The molecule has 0 spiro atoms. The molecule has 2 atom stereocenters. The van der Waals surface area contributed by atoms with Gasteiger partial charge in [-0.3, -0.25) is 21.2 Å². The minimum absolute atomic E-state index is 0.116. The fraction of sp³-hybridized carbons (Fsp3) is 0.429. The van der Waals surface area contributed by atoms with Crippen molar-refractivity contribution in [2.45, 2.75) is 32.7 Å². The molecule has 1 heterocycles. The summed E-state index contributed by atoms with van der Waals surface area (Å²) in [6.07, 6.45) is 5.72. The zero-order valence-electron chi connectivity index (χ0n) is 10.9. The summed E-state index contributed by atoms with van der Waals surface area (Å²) in [6.45, 7) is 4.40. The quantitative estimate of drug-likeness (QED) is 0.626. The Morgan fingerprint density at radius 1 is 1.28 bits per heavy atom. The number of rotatable bonds is 5. The first kappa shape index (κ1) is 12.9. The lowest BCUT2D eigenvalue weighted by molar-refractivity contribution is 0.370. The molecule has 0 aliphatic heterocycles. The standard InChI is InChI=1S/C14H20N4/c1-3-5-10(2)13(18-15)11-6-4-7-12-14(11)17-9-8-16-12/h4,6-10,13,18H,3,5,15H2,1-2H3. The van der Waals surface area contributed by atoms with E-state index >= 15 is 0 Å². The Morgan fingerprint density at radius 3 is 2.78 bits per heavy atom. The molecule has 96 valence electrons. The van der Waals surface area contributed by atoms with Crippen molar-refractivity contribution in [2.24, 2.45) is 11.8 Å². The summed E-state index contributed by atoms with van der Waals surface area (Å²) >= 11 is 0. The minimum atomic E-state index is 0.116. The van der Waals surface area contributed by atoms with Crippen LogP contribution in [0.25, 0.3) is 11.0 Å². The van der Waals surface area contributed by atoms with Crippen molar-refractivity contribution in [1.82, 2.24) is 15.4 Å². The van der Waals surface area contributed by atoms with Crippen LogP contribution >= 0.6 is 0 Å². The Hall–Kier alpha value is -1.52. The van der Waals surface area contributed by atoms with Crippen LogP contribution in [0.3, 0.4) is 0 Å². The highest BCUT2D eigenvalue weighted by Crippen LogP contribution is 2.28. The van der Waals surface area contributed by atoms with E-state index in [-0.39, 0.29) is 6.04 Å². The van der Waals surface area contributed by atoms with Gasteiger partial charge in [0.15, 0.2) is 0 Å². The van der Waals surface area contributed by atoms with Crippen molar-refractivity contribution in [3.63, 3.8) is 0 Å². The Balaban J connectivity index is 2.44. The first-order valence-electron chi connectivity index (χ1n) is 6.43. The number of nitrogens with one attached hydrogen (secondary N) is 1. The highest BCUT2D eigenvalue weighted by atomic mass is 15.2. The third kappa shape index (κ3) is 2.49. The van der Waals surface area contributed by atoms with Crippen molar-refractivity contribution in [2.75, 3.05) is 0 Å². The van der Waals surface area contributed by atoms with Gasteiger partial charge in [0.1, 0.15) is 0 Å². The molecule has 2 aromatic rings. The van der Waals surface area contributed by atoms with Gasteiger partial charge in [-0.15, -0.1) is 0 Å². The normalized spacial score (nSPS) is 14.6. The zero-order chi connectivity index (χ0) is 13.0. The molecule has 0 amide bonds. The maximum Gasteiger partial charge on any atom is 0.0935 e. The lowest BCUT2D eigenvalue weighted by Crippen LogP contribution is -2.32. The van der Waals surface area contributed by atoms with Gasteiger partial charge in [0, 0.05) is 12.4 Å². The monoisotopic (exact) mass is 244 g/mol. The summed E-state index contributed by atoms with van der Waals surface area (Å²) in [5.41, 5.74) is 5.91. The van der Waals surface area contributed by atoms with Gasteiger partial charge < -0.3 is 0 Å². The fourth-order valence-electron chi connectivity index (χ4n) is 2.45. The van der Waals surface area contributed by atoms with Crippen LogP contribution in [0.4, 0.5) is 0 Å². The van der Waals surface area contributed by atoms with Gasteiger partial charge in [-0.05, 0) is 24.0 Å². The van der Waals surface area contributed by atoms with E-state index in [2.05, 4.69) is 35.3 Å². The van der Waals surface area contributed by atoms with Crippen LogP contribution in [0, 0.1) is 5.92 Å². The number of fused-ring (bicyclic) bond motifs is 1. The lowest BCUT2D eigenvalue weighted by atomic mass is 9.90. The van der Waals surface area contributed by atoms with Gasteiger partial charge in [-0.25, -0.2) is 0 Å². The number of aromatic nitrogens is 2. The molecule has 0 saturated heterocycles. The van der Waals surface area contributed by atoms with Crippen molar-refractivity contribution in [3.05, 3.63) is 36.2 Å². The molecule has 1 aromatic heterocycles. The highest BCUT2D eigenvalue weighted by molar-refractivity contribution is 5.78. The molecule has 0 aliphatic rings. The van der Waals surface area contributed by atoms with Crippen LogP contribution in [0.1, 0.15) is 38.3 Å². The molecular weight excluding hydrogens is 224 g/mol. The number of nitrogens with zero attached hydrogens (tertiary/aromatic N) is 2. The van der Waals surface area contributed by atoms with Gasteiger partial charge in [-0.2, -0.15) is 0 Å². The van der Waals surface area contributed by atoms with Crippen LogP contribution in [-0.2, 0) is 0 Å². The highest BCUT2D eigenvalue weighted by Gasteiger charge is 2.20. The van der Waals surface area contributed by atoms with Crippen LogP contribution < -0.4 is 11.3 Å². The second kappa shape index (κ2) is 5.89. The van der Waals surface area contributed by atoms with E-state index in [4.69, 9.17) is 5.84 Å². The molecule has 0 bridgehead atoms. The minimum Gasteiger partial charge on any atom is -0.271 e. The summed E-state index contributed by atoms with van der Waals surface area (Å²) in [7, 11) is 0. The van der Waals surface area contributed by atoms with Crippen molar-refractivity contribution < 1.29 is 0 Å². The summed E-state index contributed by atoms with van der Waals surface area (Å²) in [6, 6.07) is 6.18. The first-order chi connectivity index (χ1) is 8.77. The number of nitrogens with two attached hydrogens (primary N) is 1. The van der Waals surface area contributed by atoms with E-state index in [0.29, 0.717) is 5.92 Å². The number of hydrogen-bond acceptors (Lipinski definition) is 4. The van der Waals surface area contributed by atoms with Crippen molar-refractivity contribution in [3.8, 4) is 0 Å².